The van der Waals surface area contributed by atoms with Crippen LogP contribution >= 0.6 is 0 Å². The van der Waals surface area contributed by atoms with Gasteiger partial charge in [-0.2, -0.15) is 0 Å². The van der Waals surface area contributed by atoms with Crippen molar-refractivity contribution in [2.75, 3.05) is 33.9 Å². The molecule has 0 spiro atoms. The lowest BCUT2D eigenvalue weighted by Gasteiger charge is -2.34. The van der Waals surface area contributed by atoms with Crippen molar-refractivity contribution in [3.8, 4) is 11.5 Å². The van der Waals surface area contributed by atoms with E-state index in [4.69, 9.17) is 9.47 Å². The quantitative estimate of drug-likeness (QED) is 0.570. The summed E-state index contributed by atoms with van der Waals surface area (Å²) in [5.74, 6) is 1.18. The number of benzene rings is 2. The predicted octanol–water partition coefficient (Wildman–Crippen LogP) is 2.14. The Kier molecular flexibility index (Phi) is 8.29. The highest BCUT2D eigenvalue weighted by Crippen LogP contribution is 2.24. The number of piperazine rings is 1. The summed E-state index contributed by atoms with van der Waals surface area (Å²) >= 11 is 0. The van der Waals surface area contributed by atoms with Crippen molar-refractivity contribution < 1.29 is 19.1 Å². The first kappa shape index (κ1) is 22.6. The molecule has 7 nitrogen and oxygen atoms in total. The van der Waals surface area contributed by atoms with Gasteiger partial charge in [-0.05, 0) is 36.1 Å². The Hall–Kier alpha value is -3.06. The second-order valence-electron chi connectivity index (χ2n) is 7.64. The maximum absolute atomic E-state index is 12.5. The van der Waals surface area contributed by atoms with Crippen LogP contribution < -0.4 is 20.1 Å². The lowest BCUT2D eigenvalue weighted by molar-refractivity contribution is -0.134. The number of nitrogens with one attached hydrogen (secondary N) is 2. The van der Waals surface area contributed by atoms with Gasteiger partial charge in [0, 0.05) is 32.2 Å². The van der Waals surface area contributed by atoms with E-state index in [2.05, 4.69) is 22.8 Å². The van der Waals surface area contributed by atoms with Crippen LogP contribution in [0.1, 0.15) is 24.0 Å². The molecular weight excluding hydrogens is 394 g/mol. The van der Waals surface area contributed by atoms with E-state index in [1.807, 2.05) is 41.3 Å². The van der Waals surface area contributed by atoms with Gasteiger partial charge in [-0.25, -0.2) is 0 Å². The molecule has 31 heavy (non-hydrogen) atoms. The van der Waals surface area contributed by atoms with Crippen LogP contribution in [0.5, 0.6) is 11.5 Å². The van der Waals surface area contributed by atoms with Crippen LogP contribution in [0.3, 0.4) is 0 Å². The second-order valence-corrected chi connectivity index (χ2v) is 7.64. The zero-order chi connectivity index (χ0) is 22.1. The minimum atomic E-state index is -0.500. The summed E-state index contributed by atoms with van der Waals surface area (Å²) in [5.41, 5.74) is 2.22. The van der Waals surface area contributed by atoms with E-state index in [0.717, 1.165) is 18.4 Å². The highest BCUT2D eigenvalue weighted by molar-refractivity contribution is 5.88. The number of carbonyl (C=O) groups is 2. The Labute approximate surface area is 183 Å². The summed E-state index contributed by atoms with van der Waals surface area (Å²) in [7, 11) is 3.22. The fourth-order valence-electron chi connectivity index (χ4n) is 3.78. The molecule has 2 amide bonds. The van der Waals surface area contributed by atoms with Crippen molar-refractivity contribution in [1.29, 1.82) is 0 Å². The summed E-state index contributed by atoms with van der Waals surface area (Å²) in [4.78, 5) is 27.1. The Morgan fingerprint density at radius 3 is 2.48 bits per heavy atom. The van der Waals surface area contributed by atoms with Gasteiger partial charge >= 0.3 is 0 Å². The van der Waals surface area contributed by atoms with Crippen molar-refractivity contribution in [2.24, 2.45) is 0 Å². The standard InChI is InChI=1S/C24H31N3O4/c1-30-20-13-19(14-21(15-20)31-2)17-27-12-11-26-24(29)22(27)16-23(28)25-10-6-9-18-7-4-3-5-8-18/h3-5,7-8,13-15,22H,6,9-12,16-17H2,1-2H3,(H,25,28)(H,26,29). The Bertz CT molecular complexity index is 850. The lowest BCUT2D eigenvalue weighted by Crippen LogP contribution is -2.56. The average Bonchev–Trinajstić information content (AvgIpc) is 2.79. The number of carbonyl (C=O) groups excluding carboxylic acids is 2. The maximum atomic E-state index is 12.5. The molecule has 0 radical (unpaired) electrons. The van der Waals surface area contributed by atoms with Gasteiger partial charge in [-0.15, -0.1) is 0 Å². The zero-order valence-electron chi connectivity index (χ0n) is 18.2. The fraction of sp³-hybridized carbons (Fsp3) is 0.417. The van der Waals surface area contributed by atoms with Gasteiger partial charge in [-0.3, -0.25) is 14.5 Å². The van der Waals surface area contributed by atoms with Gasteiger partial charge in [0.2, 0.25) is 11.8 Å². The molecule has 7 heteroatoms. The second kappa shape index (κ2) is 11.4. The van der Waals surface area contributed by atoms with Crippen LogP contribution in [0.25, 0.3) is 0 Å². The number of amides is 2. The van der Waals surface area contributed by atoms with Gasteiger partial charge < -0.3 is 20.1 Å². The predicted molar refractivity (Wildman–Crippen MR) is 119 cm³/mol. The van der Waals surface area contributed by atoms with Gasteiger partial charge in [0.25, 0.3) is 0 Å². The number of nitrogens with zero attached hydrogens (tertiary/aromatic N) is 1. The third kappa shape index (κ3) is 6.72. The van der Waals surface area contributed by atoms with E-state index in [9.17, 15) is 9.59 Å². The molecule has 0 saturated carbocycles. The number of methoxy groups -OCH3 is 2. The van der Waals surface area contributed by atoms with Crippen LogP contribution in [-0.4, -0.2) is 56.6 Å². The van der Waals surface area contributed by atoms with E-state index in [-0.39, 0.29) is 18.2 Å². The van der Waals surface area contributed by atoms with Crippen molar-refractivity contribution in [2.45, 2.75) is 31.8 Å². The monoisotopic (exact) mass is 425 g/mol. The first-order valence-corrected chi connectivity index (χ1v) is 10.6. The maximum Gasteiger partial charge on any atom is 0.237 e. The van der Waals surface area contributed by atoms with Gasteiger partial charge in [0.15, 0.2) is 0 Å². The number of rotatable bonds is 10. The Morgan fingerprint density at radius 1 is 1.10 bits per heavy atom. The topological polar surface area (TPSA) is 79.9 Å². The van der Waals surface area contributed by atoms with Crippen LogP contribution in [0, 0.1) is 0 Å². The summed E-state index contributed by atoms with van der Waals surface area (Å²) in [6.45, 7) is 2.37. The molecule has 166 valence electrons. The number of aryl methyl sites for hydroxylation is 1. The van der Waals surface area contributed by atoms with Crippen LogP contribution in [0.15, 0.2) is 48.5 Å². The molecule has 2 aromatic carbocycles. The SMILES string of the molecule is COc1cc(CN2CCNC(=O)C2CC(=O)NCCCc2ccccc2)cc(OC)c1. The van der Waals surface area contributed by atoms with Crippen molar-refractivity contribution >= 4 is 11.8 Å². The highest BCUT2D eigenvalue weighted by atomic mass is 16.5. The number of ether oxygens (including phenoxy) is 2. The van der Waals surface area contributed by atoms with E-state index in [1.165, 1.54) is 5.56 Å². The van der Waals surface area contributed by atoms with Crippen LogP contribution in [0.4, 0.5) is 0 Å². The third-order valence-electron chi connectivity index (χ3n) is 5.42. The third-order valence-corrected chi connectivity index (χ3v) is 5.42. The van der Waals surface area contributed by atoms with E-state index < -0.39 is 6.04 Å². The molecule has 1 aliphatic rings. The molecule has 1 unspecified atom stereocenters. The van der Waals surface area contributed by atoms with E-state index >= 15 is 0 Å². The zero-order valence-corrected chi connectivity index (χ0v) is 18.2. The fourth-order valence-corrected chi connectivity index (χ4v) is 3.78. The molecule has 1 saturated heterocycles. The number of hydrogen-bond acceptors (Lipinski definition) is 5. The molecule has 0 bridgehead atoms. The smallest absolute Gasteiger partial charge is 0.237 e. The van der Waals surface area contributed by atoms with Gasteiger partial charge in [0.1, 0.15) is 11.5 Å². The van der Waals surface area contributed by atoms with E-state index in [1.54, 1.807) is 14.2 Å². The first-order chi connectivity index (χ1) is 15.1. The Morgan fingerprint density at radius 2 is 1.81 bits per heavy atom. The van der Waals surface area contributed by atoms with E-state index in [0.29, 0.717) is 37.7 Å². The minimum absolute atomic E-state index is 0.108. The molecule has 1 aliphatic heterocycles. The van der Waals surface area contributed by atoms with Crippen LogP contribution in [-0.2, 0) is 22.6 Å². The molecular formula is C24H31N3O4. The molecule has 3 rings (SSSR count). The summed E-state index contributed by atoms with van der Waals surface area (Å²) < 4.78 is 10.7. The summed E-state index contributed by atoms with van der Waals surface area (Å²) in [6, 6.07) is 15.4. The van der Waals surface area contributed by atoms with Crippen molar-refractivity contribution in [3.63, 3.8) is 0 Å². The molecule has 1 atom stereocenters. The lowest BCUT2D eigenvalue weighted by atomic mass is 10.1. The molecule has 2 aromatic rings. The molecule has 0 aromatic heterocycles. The molecule has 0 aliphatic carbocycles. The molecule has 2 N–H and O–H groups in total. The van der Waals surface area contributed by atoms with Gasteiger partial charge in [-0.1, -0.05) is 30.3 Å². The Balaban J connectivity index is 1.55. The van der Waals surface area contributed by atoms with Crippen LogP contribution in [0.2, 0.25) is 0 Å². The van der Waals surface area contributed by atoms with Gasteiger partial charge in [0.05, 0.1) is 26.7 Å². The van der Waals surface area contributed by atoms with Crippen molar-refractivity contribution in [1.82, 2.24) is 15.5 Å². The molecule has 1 heterocycles. The summed E-state index contributed by atoms with van der Waals surface area (Å²) in [5, 5.41) is 5.83. The number of hydrogen-bond donors (Lipinski definition) is 2. The minimum Gasteiger partial charge on any atom is -0.497 e. The highest BCUT2D eigenvalue weighted by Gasteiger charge is 2.31. The molecule has 1 fully saturated rings. The largest absolute Gasteiger partial charge is 0.497 e. The normalized spacial score (nSPS) is 16.5. The summed E-state index contributed by atoms with van der Waals surface area (Å²) in [6.07, 6.45) is 1.91. The first-order valence-electron chi connectivity index (χ1n) is 10.6. The van der Waals surface area contributed by atoms with Crippen molar-refractivity contribution in [3.05, 3.63) is 59.7 Å². The average molecular weight is 426 g/mol.